The van der Waals surface area contributed by atoms with Gasteiger partial charge in [0, 0.05) is 19.3 Å². The first-order valence-corrected chi connectivity index (χ1v) is 6.02. The molecule has 0 aliphatic carbocycles. The molecule has 2 aromatic rings. The normalized spacial score (nSPS) is 15.0. The summed E-state index contributed by atoms with van der Waals surface area (Å²) >= 11 is 5.63. The molecular formula is C10H10ClN7O. The van der Waals surface area contributed by atoms with Gasteiger partial charge in [0.2, 0.25) is 5.28 Å². The molecular weight excluding hydrogens is 270 g/mol. The van der Waals surface area contributed by atoms with Crippen molar-refractivity contribution in [3.8, 4) is 0 Å². The highest BCUT2D eigenvalue weighted by molar-refractivity contribution is 6.28. The van der Waals surface area contributed by atoms with Crippen LogP contribution in [0.5, 0.6) is 0 Å². The molecule has 0 atom stereocenters. The molecule has 0 radical (unpaired) electrons. The Balaban J connectivity index is 1.71. The zero-order valence-electron chi connectivity index (χ0n) is 9.75. The predicted octanol–water partition coefficient (Wildman–Crippen LogP) is 0.118. The summed E-state index contributed by atoms with van der Waals surface area (Å²) in [6.07, 6.45) is 3.07. The third-order valence-electron chi connectivity index (χ3n) is 2.74. The van der Waals surface area contributed by atoms with Gasteiger partial charge in [-0.1, -0.05) is 5.21 Å². The quantitative estimate of drug-likeness (QED) is 0.775. The molecule has 1 aliphatic heterocycles. The van der Waals surface area contributed by atoms with Crippen LogP contribution in [0.2, 0.25) is 5.28 Å². The van der Waals surface area contributed by atoms with Crippen LogP contribution in [0.1, 0.15) is 16.5 Å². The van der Waals surface area contributed by atoms with Gasteiger partial charge in [0.1, 0.15) is 5.82 Å². The monoisotopic (exact) mass is 279 g/mol. The van der Waals surface area contributed by atoms with Gasteiger partial charge in [0.05, 0.1) is 12.2 Å². The molecule has 1 amide bonds. The highest BCUT2D eigenvalue weighted by Gasteiger charge is 2.21. The molecule has 3 heterocycles. The molecule has 0 bridgehead atoms. The van der Waals surface area contributed by atoms with Crippen LogP contribution in [0, 0.1) is 0 Å². The first kappa shape index (κ1) is 12.0. The van der Waals surface area contributed by atoms with Crippen LogP contribution in [-0.2, 0) is 0 Å². The average Bonchev–Trinajstić information content (AvgIpc) is 2.76. The molecule has 1 aliphatic rings. The molecule has 2 aromatic heterocycles. The van der Waals surface area contributed by atoms with Gasteiger partial charge >= 0.3 is 0 Å². The zero-order chi connectivity index (χ0) is 13.2. The summed E-state index contributed by atoms with van der Waals surface area (Å²) < 4.78 is 1.68. The fourth-order valence-corrected chi connectivity index (χ4v) is 1.75. The molecule has 1 fully saturated rings. The Hall–Kier alpha value is -2.06. The first-order chi connectivity index (χ1) is 9.22. The summed E-state index contributed by atoms with van der Waals surface area (Å²) in [5.74, 6) is -0.0573. The van der Waals surface area contributed by atoms with Crippen LogP contribution < -0.4 is 10.6 Å². The van der Waals surface area contributed by atoms with E-state index in [1.807, 2.05) is 0 Å². The van der Waals surface area contributed by atoms with E-state index < -0.39 is 0 Å². The van der Waals surface area contributed by atoms with Crippen LogP contribution in [0.4, 0.5) is 5.82 Å². The number of nitrogens with zero attached hydrogens (tertiary/aromatic N) is 5. The van der Waals surface area contributed by atoms with Crippen LogP contribution in [0.15, 0.2) is 18.5 Å². The fraction of sp³-hybridized carbons (Fsp3) is 0.300. The molecule has 0 aromatic carbocycles. The SMILES string of the molecule is O=C(Nc1ccnc(Cl)n1)c1cn(C2CNC2)nn1. The molecule has 1 saturated heterocycles. The second-order valence-electron chi connectivity index (χ2n) is 4.06. The molecule has 98 valence electrons. The number of aromatic nitrogens is 5. The summed E-state index contributed by atoms with van der Waals surface area (Å²) in [6, 6.07) is 1.81. The lowest BCUT2D eigenvalue weighted by molar-refractivity contribution is 0.102. The lowest BCUT2D eigenvalue weighted by Gasteiger charge is -2.26. The summed E-state index contributed by atoms with van der Waals surface area (Å²) in [5, 5.41) is 13.5. The number of rotatable bonds is 3. The number of carbonyl (C=O) groups excluding carboxylic acids is 1. The van der Waals surface area contributed by atoms with Gasteiger partial charge in [-0.3, -0.25) is 4.79 Å². The topological polar surface area (TPSA) is 97.6 Å². The molecule has 8 nitrogen and oxygen atoms in total. The number of amides is 1. The van der Waals surface area contributed by atoms with Crippen molar-refractivity contribution >= 4 is 23.3 Å². The largest absolute Gasteiger partial charge is 0.312 e. The van der Waals surface area contributed by atoms with E-state index in [0.717, 1.165) is 13.1 Å². The zero-order valence-corrected chi connectivity index (χ0v) is 10.5. The van der Waals surface area contributed by atoms with Crippen molar-refractivity contribution in [1.82, 2.24) is 30.3 Å². The van der Waals surface area contributed by atoms with Gasteiger partial charge in [-0.2, -0.15) is 0 Å². The van der Waals surface area contributed by atoms with Gasteiger partial charge in [-0.25, -0.2) is 14.6 Å². The van der Waals surface area contributed by atoms with Crippen LogP contribution in [0.3, 0.4) is 0 Å². The highest BCUT2D eigenvalue weighted by Crippen LogP contribution is 2.11. The van der Waals surface area contributed by atoms with E-state index in [1.165, 1.54) is 6.20 Å². The fourth-order valence-electron chi connectivity index (χ4n) is 1.60. The number of nitrogens with one attached hydrogen (secondary N) is 2. The summed E-state index contributed by atoms with van der Waals surface area (Å²) in [5.41, 5.74) is 0.238. The van der Waals surface area contributed by atoms with Crippen molar-refractivity contribution in [2.75, 3.05) is 18.4 Å². The van der Waals surface area contributed by atoms with Crippen molar-refractivity contribution in [3.05, 3.63) is 29.4 Å². The average molecular weight is 280 g/mol. The minimum Gasteiger partial charge on any atom is -0.312 e. The van der Waals surface area contributed by atoms with Crippen molar-refractivity contribution < 1.29 is 4.79 Å². The maximum absolute atomic E-state index is 11.9. The standard InChI is InChI=1S/C10H10ClN7O/c11-10-13-2-1-8(15-10)14-9(19)7-5-18(17-16-7)6-3-12-4-6/h1-2,5-6,12H,3-4H2,(H,13,14,15,19). The number of carbonyl (C=O) groups is 1. The Morgan fingerprint density at radius 1 is 1.53 bits per heavy atom. The third-order valence-corrected chi connectivity index (χ3v) is 2.93. The van der Waals surface area contributed by atoms with E-state index in [9.17, 15) is 4.79 Å². The Kier molecular flexibility index (Phi) is 3.10. The molecule has 2 N–H and O–H groups in total. The predicted molar refractivity (Wildman–Crippen MR) is 66.9 cm³/mol. The van der Waals surface area contributed by atoms with Gasteiger partial charge < -0.3 is 10.6 Å². The Morgan fingerprint density at radius 2 is 2.37 bits per heavy atom. The van der Waals surface area contributed by atoms with Gasteiger partial charge in [0.15, 0.2) is 5.69 Å². The van der Waals surface area contributed by atoms with Gasteiger partial charge in [0.25, 0.3) is 5.91 Å². The van der Waals surface area contributed by atoms with Gasteiger partial charge in [-0.05, 0) is 17.7 Å². The second kappa shape index (κ2) is 4.90. The smallest absolute Gasteiger partial charge is 0.278 e. The molecule has 0 saturated carbocycles. The van der Waals surface area contributed by atoms with Crippen molar-refractivity contribution in [3.63, 3.8) is 0 Å². The van der Waals surface area contributed by atoms with E-state index in [2.05, 4.69) is 30.9 Å². The number of anilines is 1. The number of halogens is 1. The van der Waals surface area contributed by atoms with E-state index in [1.54, 1.807) is 16.9 Å². The minimum atomic E-state index is -0.381. The number of hydrogen-bond acceptors (Lipinski definition) is 6. The van der Waals surface area contributed by atoms with Crippen LogP contribution >= 0.6 is 11.6 Å². The van der Waals surface area contributed by atoms with Crippen molar-refractivity contribution in [2.24, 2.45) is 0 Å². The summed E-state index contributed by atoms with van der Waals surface area (Å²) in [7, 11) is 0. The van der Waals surface area contributed by atoms with E-state index in [-0.39, 0.29) is 22.9 Å². The molecule has 0 unspecified atom stereocenters. The Morgan fingerprint density at radius 3 is 3.05 bits per heavy atom. The van der Waals surface area contributed by atoms with Gasteiger partial charge in [-0.15, -0.1) is 5.10 Å². The van der Waals surface area contributed by atoms with Crippen LogP contribution in [-0.4, -0.2) is 44.0 Å². The highest BCUT2D eigenvalue weighted by atomic mass is 35.5. The maximum atomic E-state index is 11.9. The second-order valence-corrected chi connectivity index (χ2v) is 4.40. The lowest BCUT2D eigenvalue weighted by Crippen LogP contribution is -2.43. The third kappa shape index (κ3) is 2.54. The Labute approximate surface area is 113 Å². The van der Waals surface area contributed by atoms with Crippen LogP contribution in [0.25, 0.3) is 0 Å². The van der Waals surface area contributed by atoms with Crippen molar-refractivity contribution in [1.29, 1.82) is 0 Å². The first-order valence-electron chi connectivity index (χ1n) is 5.65. The minimum absolute atomic E-state index is 0.0713. The maximum Gasteiger partial charge on any atom is 0.278 e. The summed E-state index contributed by atoms with van der Waals surface area (Å²) in [4.78, 5) is 19.5. The Bertz CT molecular complexity index is 609. The van der Waals surface area contributed by atoms with E-state index >= 15 is 0 Å². The number of hydrogen-bond donors (Lipinski definition) is 2. The summed E-state index contributed by atoms with van der Waals surface area (Å²) in [6.45, 7) is 1.68. The molecule has 0 spiro atoms. The molecule has 9 heteroatoms. The van der Waals surface area contributed by atoms with Crippen molar-refractivity contribution in [2.45, 2.75) is 6.04 Å². The van der Waals surface area contributed by atoms with E-state index in [4.69, 9.17) is 11.6 Å². The molecule has 3 rings (SSSR count). The lowest BCUT2D eigenvalue weighted by atomic mass is 10.2. The molecule has 19 heavy (non-hydrogen) atoms. The van der Waals surface area contributed by atoms with E-state index in [0.29, 0.717) is 5.82 Å².